The SMILES string of the molecule is COC(=O)c1cc(CO[C@@H](C)CO[Si](C(C)C)(C(C)C)C(C)C)cc(Oc2cnc(C(=O)N(C)C)cn2)c1. The van der Waals surface area contributed by atoms with Crippen LogP contribution in [-0.4, -0.2) is 69.0 Å². The molecule has 2 rings (SSSR count). The van der Waals surface area contributed by atoms with Gasteiger partial charge < -0.3 is 23.5 Å². The summed E-state index contributed by atoms with van der Waals surface area (Å²) in [6.07, 6.45) is 2.57. The first kappa shape index (κ1) is 31.4. The fourth-order valence-corrected chi connectivity index (χ4v) is 10.4. The molecule has 1 aromatic heterocycles. The Hall–Kier alpha value is -2.82. The van der Waals surface area contributed by atoms with Crippen LogP contribution in [0.2, 0.25) is 16.6 Å². The first-order chi connectivity index (χ1) is 17.8. The van der Waals surface area contributed by atoms with Crippen LogP contribution in [0.15, 0.2) is 30.6 Å². The largest absolute Gasteiger partial charge is 0.465 e. The highest BCUT2D eigenvalue weighted by molar-refractivity contribution is 6.77. The molecule has 0 saturated heterocycles. The van der Waals surface area contributed by atoms with E-state index < -0.39 is 14.3 Å². The molecule has 0 fully saturated rings. The number of methoxy groups -OCH3 is 1. The van der Waals surface area contributed by atoms with Gasteiger partial charge in [-0.25, -0.2) is 14.8 Å². The van der Waals surface area contributed by atoms with Crippen LogP contribution in [0.5, 0.6) is 11.6 Å². The van der Waals surface area contributed by atoms with Gasteiger partial charge in [-0.1, -0.05) is 41.5 Å². The zero-order valence-corrected chi connectivity index (χ0v) is 25.4. The molecular formula is C28H43N3O6Si. The van der Waals surface area contributed by atoms with Crippen LogP contribution in [0, 0.1) is 0 Å². The molecule has 1 atom stereocenters. The summed E-state index contributed by atoms with van der Waals surface area (Å²) in [7, 11) is 2.61. The predicted octanol–water partition coefficient (Wildman–Crippen LogP) is 5.85. The van der Waals surface area contributed by atoms with Crippen molar-refractivity contribution < 1.29 is 28.2 Å². The molecule has 38 heavy (non-hydrogen) atoms. The van der Waals surface area contributed by atoms with Gasteiger partial charge in [-0.3, -0.25) is 4.79 Å². The van der Waals surface area contributed by atoms with Crippen molar-refractivity contribution in [1.82, 2.24) is 14.9 Å². The second-order valence-corrected chi connectivity index (χ2v) is 16.1. The summed E-state index contributed by atoms with van der Waals surface area (Å²) in [5.74, 6) is -0.187. The van der Waals surface area contributed by atoms with E-state index >= 15 is 0 Å². The molecule has 0 aliphatic carbocycles. The molecule has 9 nitrogen and oxygen atoms in total. The monoisotopic (exact) mass is 545 g/mol. The van der Waals surface area contributed by atoms with E-state index in [1.54, 1.807) is 32.3 Å². The van der Waals surface area contributed by atoms with Crippen LogP contribution in [-0.2, 0) is 20.5 Å². The summed E-state index contributed by atoms with van der Waals surface area (Å²) in [5, 5.41) is 0. The summed E-state index contributed by atoms with van der Waals surface area (Å²) >= 11 is 0. The number of esters is 1. The minimum absolute atomic E-state index is 0.142. The first-order valence-electron chi connectivity index (χ1n) is 13.0. The number of hydrogen-bond donors (Lipinski definition) is 0. The molecule has 10 heteroatoms. The Kier molecular flexibility index (Phi) is 11.4. The summed E-state index contributed by atoms with van der Waals surface area (Å²) in [5.41, 5.74) is 2.74. The van der Waals surface area contributed by atoms with E-state index in [0.717, 1.165) is 5.56 Å². The molecule has 0 N–H and O–H groups in total. The van der Waals surface area contributed by atoms with E-state index in [1.165, 1.54) is 24.4 Å². The smallest absolute Gasteiger partial charge is 0.337 e. The Labute approximate surface area is 228 Å². The Balaban J connectivity index is 2.16. The van der Waals surface area contributed by atoms with Crippen LogP contribution in [0.3, 0.4) is 0 Å². The lowest BCUT2D eigenvalue weighted by Gasteiger charge is -2.42. The minimum Gasteiger partial charge on any atom is -0.465 e. The Morgan fingerprint density at radius 2 is 1.55 bits per heavy atom. The van der Waals surface area contributed by atoms with Gasteiger partial charge in [-0.05, 0) is 47.3 Å². The Morgan fingerprint density at radius 3 is 2.05 bits per heavy atom. The van der Waals surface area contributed by atoms with Crippen LogP contribution in [0.25, 0.3) is 0 Å². The molecule has 0 radical (unpaired) electrons. The molecule has 1 amide bonds. The van der Waals surface area contributed by atoms with Crippen LogP contribution in [0.4, 0.5) is 0 Å². The van der Waals surface area contributed by atoms with Crippen LogP contribution in [0.1, 0.15) is 74.9 Å². The summed E-state index contributed by atoms with van der Waals surface area (Å²) in [6.45, 7) is 16.3. The third kappa shape index (κ3) is 7.84. The number of ether oxygens (including phenoxy) is 3. The van der Waals surface area contributed by atoms with Crippen molar-refractivity contribution in [3.05, 3.63) is 47.4 Å². The first-order valence-corrected chi connectivity index (χ1v) is 15.1. The van der Waals surface area contributed by atoms with E-state index in [9.17, 15) is 9.59 Å². The van der Waals surface area contributed by atoms with Gasteiger partial charge in [0, 0.05) is 14.1 Å². The second-order valence-electron chi connectivity index (χ2n) is 10.6. The predicted molar refractivity (Wildman–Crippen MR) is 149 cm³/mol. The molecule has 2 aromatic rings. The van der Waals surface area contributed by atoms with Crippen molar-refractivity contribution in [3.8, 4) is 11.6 Å². The zero-order chi connectivity index (χ0) is 28.6. The molecule has 0 aliphatic rings. The molecule has 1 heterocycles. The molecular weight excluding hydrogens is 502 g/mol. The number of carbonyl (C=O) groups excluding carboxylic acids is 2. The lowest BCUT2D eigenvalue weighted by atomic mass is 10.1. The second kappa shape index (κ2) is 13.8. The number of aromatic nitrogens is 2. The molecule has 0 unspecified atom stereocenters. The third-order valence-electron chi connectivity index (χ3n) is 6.67. The van der Waals surface area contributed by atoms with E-state index in [-0.39, 0.29) is 30.2 Å². The topological polar surface area (TPSA) is 100 Å². The number of amides is 1. The van der Waals surface area contributed by atoms with Gasteiger partial charge in [-0.2, -0.15) is 0 Å². The maximum absolute atomic E-state index is 12.3. The quantitative estimate of drug-likeness (QED) is 0.228. The number of rotatable bonds is 13. The van der Waals surface area contributed by atoms with Crippen LogP contribution < -0.4 is 4.74 Å². The number of nitrogens with zero attached hydrogens (tertiary/aromatic N) is 3. The van der Waals surface area contributed by atoms with Gasteiger partial charge in [-0.15, -0.1) is 0 Å². The number of benzene rings is 1. The lowest BCUT2D eigenvalue weighted by Crippen LogP contribution is -2.49. The van der Waals surface area contributed by atoms with Crippen LogP contribution >= 0.6 is 0 Å². The molecule has 1 aromatic carbocycles. The fourth-order valence-electron chi connectivity index (χ4n) is 4.92. The van der Waals surface area contributed by atoms with Gasteiger partial charge in [0.1, 0.15) is 11.4 Å². The average molecular weight is 546 g/mol. The van der Waals surface area contributed by atoms with Gasteiger partial charge in [0.2, 0.25) is 5.88 Å². The standard InChI is InChI=1S/C28H43N3O6Si/c1-18(2)38(19(3)4,20(5)6)36-16-21(7)35-17-22-11-23(28(33)34-10)13-24(12-22)37-26-15-29-25(14-30-26)27(32)31(8)9/h11-15,18-21H,16-17H2,1-10H3/t21-/m0/s1. The molecule has 0 saturated carbocycles. The van der Waals surface area contributed by atoms with Crippen molar-refractivity contribution in [2.45, 2.75) is 77.8 Å². The molecule has 0 aliphatic heterocycles. The molecule has 0 spiro atoms. The van der Waals surface area contributed by atoms with Crippen molar-refractivity contribution in [1.29, 1.82) is 0 Å². The highest BCUT2D eigenvalue weighted by Gasteiger charge is 2.45. The molecule has 0 bridgehead atoms. The maximum Gasteiger partial charge on any atom is 0.337 e. The summed E-state index contributed by atoms with van der Waals surface area (Å²) in [6, 6.07) is 5.05. The van der Waals surface area contributed by atoms with Gasteiger partial charge >= 0.3 is 5.97 Å². The highest BCUT2D eigenvalue weighted by Crippen LogP contribution is 2.42. The lowest BCUT2D eigenvalue weighted by molar-refractivity contribution is 0.0167. The van der Waals surface area contributed by atoms with E-state index in [2.05, 4.69) is 51.5 Å². The average Bonchev–Trinajstić information content (AvgIpc) is 2.86. The van der Waals surface area contributed by atoms with Crippen molar-refractivity contribution >= 4 is 20.2 Å². The number of hydrogen-bond acceptors (Lipinski definition) is 8. The fraction of sp³-hybridized carbons (Fsp3) is 0.571. The zero-order valence-electron chi connectivity index (χ0n) is 24.4. The van der Waals surface area contributed by atoms with Crippen molar-refractivity contribution in [3.63, 3.8) is 0 Å². The Bertz CT molecular complexity index is 1050. The maximum atomic E-state index is 12.3. The van der Waals surface area contributed by atoms with E-state index in [0.29, 0.717) is 34.5 Å². The normalized spacial score (nSPS) is 12.7. The molecule has 210 valence electrons. The minimum atomic E-state index is -2.00. The van der Waals surface area contributed by atoms with Gasteiger partial charge in [0.15, 0.2) is 8.32 Å². The van der Waals surface area contributed by atoms with Gasteiger partial charge in [0.05, 0.1) is 44.4 Å². The van der Waals surface area contributed by atoms with E-state index in [1.807, 2.05) is 6.92 Å². The third-order valence-corrected chi connectivity index (χ3v) is 12.8. The Morgan fingerprint density at radius 1 is 0.921 bits per heavy atom. The highest BCUT2D eigenvalue weighted by atomic mass is 28.4. The van der Waals surface area contributed by atoms with E-state index in [4.69, 9.17) is 18.6 Å². The number of carbonyl (C=O) groups is 2. The van der Waals surface area contributed by atoms with Crippen molar-refractivity contribution in [2.75, 3.05) is 27.8 Å². The summed E-state index contributed by atoms with van der Waals surface area (Å²) < 4.78 is 23.5. The van der Waals surface area contributed by atoms with Gasteiger partial charge in [0.25, 0.3) is 5.91 Å². The summed E-state index contributed by atoms with van der Waals surface area (Å²) in [4.78, 5) is 34.1. The van der Waals surface area contributed by atoms with Crippen molar-refractivity contribution in [2.24, 2.45) is 0 Å².